The number of nitrogens with one attached hydrogen (secondary N) is 1. The largest absolute Gasteiger partial charge is 0.279 e. The van der Waals surface area contributed by atoms with Crippen LogP contribution in [0.4, 0.5) is 5.69 Å². The van der Waals surface area contributed by atoms with Crippen molar-refractivity contribution >= 4 is 27.0 Å². The second kappa shape index (κ2) is 6.51. The zero-order chi connectivity index (χ0) is 18.0. The summed E-state index contributed by atoms with van der Waals surface area (Å²) in [4.78, 5) is 11.4. The van der Waals surface area contributed by atoms with Gasteiger partial charge in [-0.25, -0.2) is 13.1 Å². The fraction of sp³-hybridized carbons (Fsp3) is 0.0625. The predicted molar refractivity (Wildman–Crippen MR) is 94.8 cm³/mol. The van der Waals surface area contributed by atoms with Gasteiger partial charge in [-0.3, -0.25) is 9.52 Å². The van der Waals surface area contributed by atoms with E-state index in [1.54, 1.807) is 11.4 Å². The van der Waals surface area contributed by atoms with Crippen LogP contribution in [0.2, 0.25) is 0 Å². The van der Waals surface area contributed by atoms with Gasteiger partial charge in [-0.05, 0) is 36.4 Å². The lowest BCUT2D eigenvalue weighted by Gasteiger charge is -2.05. The second-order valence-corrected chi connectivity index (χ2v) is 7.95. The Hall–Kier alpha value is -2.96. The molecule has 0 fully saturated rings. The van der Waals surface area contributed by atoms with E-state index in [1.807, 2.05) is 6.07 Å². The van der Waals surface area contributed by atoms with Crippen LogP contribution >= 0.6 is 11.3 Å². The van der Waals surface area contributed by atoms with Crippen LogP contribution in [0.25, 0.3) is 11.3 Å². The summed E-state index contributed by atoms with van der Waals surface area (Å²) in [5, 5.41) is 14.5. The fourth-order valence-corrected chi connectivity index (χ4v) is 4.30. The summed E-state index contributed by atoms with van der Waals surface area (Å²) in [5.74, 6) is 0. The zero-order valence-electron chi connectivity index (χ0n) is 13.0. The van der Waals surface area contributed by atoms with Gasteiger partial charge >= 0.3 is 0 Å². The summed E-state index contributed by atoms with van der Waals surface area (Å²) in [6.45, 7) is 0. The van der Waals surface area contributed by atoms with Gasteiger partial charge in [-0.15, -0.1) is 11.3 Å². The van der Waals surface area contributed by atoms with Gasteiger partial charge in [-0.1, -0.05) is 0 Å². The zero-order valence-corrected chi connectivity index (χ0v) is 14.6. The number of sulfonamides is 1. The minimum atomic E-state index is -3.75. The predicted octanol–water partition coefficient (Wildman–Crippen LogP) is 2.18. The van der Waals surface area contributed by atoms with E-state index in [1.165, 1.54) is 48.1 Å². The molecule has 0 aliphatic heterocycles. The molecular formula is C16H12N4O3S2. The van der Waals surface area contributed by atoms with Crippen molar-refractivity contribution < 1.29 is 8.42 Å². The highest BCUT2D eigenvalue weighted by Gasteiger charge is 2.18. The van der Waals surface area contributed by atoms with E-state index in [0.29, 0.717) is 22.5 Å². The molecule has 0 aliphatic carbocycles. The molecule has 1 N–H and O–H groups in total. The van der Waals surface area contributed by atoms with Crippen LogP contribution in [-0.4, -0.2) is 18.2 Å². The SMILES string of the molecule is Cn1nc(-c2csc(S(=O)(=O)Nc3ccc(C#N)cc3)c2)ccc1=O. The summed E-state index contributed by atoms with van der Waals surface area (Å²) >= 11 is 1.06. The third-order valence-electron chi connectivity index (χ3n) is 3.36. The minimum absolute atomic E-state index is 0.127. The highest BCUT2D eigenvalue weighted by Crippen LogP contribution is 2.28. The fourth-order valence-electron chi connectivity index (χ4n) is 2.07. The van der Waals surface area contributed by atoms with Crippen molar-refractivity contribution in [3.63, 3.8) is 0 Å². The summed E-state index contributed by atoms with van der Waals surface area (Å²) < 4.78 is 28.7. The molecule has 0 atom stereocenters. The molecule has 0 radical (unpaired) electrons. The summed E-state index contributed by atoms with van der Waals surface area (Å²) in [6.07, 6.45) is 0. The molecule has 0 saturated carbocycles. The van der Waals surface area contributed by atoms with E-state index in [-0.39, 0.29) is 9.77 Å². The molecule has 1 aromatic carbocycles. The smallest absolute Gasteiger partial charge is 0.271 e. The third-order valence-corrected chi connectivity index (χ3v) is 6.18. The number of rotatable bonds is 4. The first-order chi connectivity index (χ1) is 11.9. The monoisotopic (exact) mass is 372 g/mol. The van der Waals surface area contributed by atoms with Gasteiger partial charge in [0.25, 0.3) is 15.6 Å². The maximum atomic E-state index is 12.5. The van der Waals surface area contributed by atoms with Crippen LogP contribution in [-0.2, 0) is 17.1 Å². The van der Waals surface area contributed by atoms with Gasteiger partial charge in [0.05, 0.1) is 17.3 Å². The van der Waals surface area contributed by atoms with Crippen molar-refractivity contribution in [2.75, 3.05) is 4.72 Å². The molecule has 3 aromatic rings. The number of hydrogen-bond donors (Lipinski definition) is 1. The van der Waals surface area contributed by atoms with Crippen LogP contribution in [0.3, 0.4) is 0 Å². The Kier molecular flexibility index (Phi) is 4.39. The lowest BCUT2D eigenvalue weighted by Crippen LogP contribution is -2.18. The number of nitriles is 1. The van der Waals surface area contributed by atoms with Crippen LogP contribution in [0.1, 0.15) is 5.56 Å². The topological polar surface area (TPSA) is 105 Å². The van der Waals surface area contributed by atoms with Crippen molar-refractivity contribution in [3.05, 3.63) is 63.8 Å². The lowest BCUT2D eigenvalue weighted by molar-refractivity contribution is 0.603. The van der Waals surface area contributed by atoms with Gasteiger partial charge in [0.15, 0.2) is 0 Å². The third kappa shape index (κ3) is 3.60. The van der Waals surface area contributed by atoms with Crippen LogP contribution in [0.15, 0.2) is 56.8 Å². The van der Waals surface area contributed by atoms with Gasteiger partial charge in [0, 0.05) is 29.7 Å². The molecule has 2 heterocycles. The maximum Gasteiger partial charge on any atom is 0.271 e. The Labute approximate surface area is 147 Å². The lowest BCUT2D eigenvalue weighted by atomic mass is 10.2. The second-order valence-electron chi connectivity index (χ2n) is 5.13. The number of aromatic nitrogens is 2. The number of anilines is 1. The number of thiophene rings is 1. The van der Waals surface area contributed by atoms with E-state index < -0.39 is 10.0 Å². The Balaban J connectivity index is 1.88. The molecule has 0 aliphatic rings. The molecule has 0 saturated heterocycles. The Morgan fingerprint density at radius 3 is 2.56 bits per heavy atom. The number of nitrogens with zero attached hydrogens (tertiary/aromatic N) is 3. The van der Waals surface area contributed by atoms with Crippen molar-refractivity contribution in [2.24, 2.45) is 7.05 Å². The van der Waals surface area contributed by atoms with Crippen molar-refractivity contribution in [2.45, 2.75) is 4.21 Å². The van der Waals surface area contributed by atoms with Crippen molar-refractivity contribution in [3.8, 4) is 17.3 Å². The number of aryl methyl sites for hydroxylation is 1. The van der Waals surface area contributed by atoms with E-state index in [2.05, 4.69) is 9.82 Å². The Morgan fingerprint density at radius 2 is 1.92 bits per heavy atom. The standard InChI is InChI=1S/C16H12N4O3S2/c1-20-15(21)7-6-14(18-20)12-8-16(24-10-12)25(22,23)19-13-4-2-11(9-17)3-5-13/h2-8,10,19H,1H3. The first kappa shape index (κ1) is 16.9. The van der Waals surface area contributed by atoms with Gasteiger partial charge in [0.2, 0.25) is 0 Å². The number of benzene rings is 1. The molecule has 0 spiro atoms. The van der Waals surface area contributed by atoms with Crippen LogP contribution in [0.5, 0.6) is 0 Å². The summed E-state index contributed by atoms with van der Waals surface area (Å²) in [6, 6.07) is 12.5. The van der Waals surface area contributed by atoms with Crippen molar-refractivity contribution in [1.82, 2.24) is 9.78 Å². The van der Waals surface area contributed by atoms with Crippen molar-refractivity contribution in [1.29, 1.82) is 5.26 Å². The quantitative estimate of drug-likeness (QED) is 0.756. The molecule has 7 nitrogen and oxygen atoms in total. The first-order valence-electron chi connectivity index (χ1n) is 7.05. The van der Waals surface area contributed by atoms with E-state index in [4.69, 9.17) is 5.26 Å². The highest BCUT2D eigenvalue weighted by atomic mass is 32.2. The molecule has 2 aromatic heterocycles. The van der Waals surface area contributed by atoms with E-state index in [0.717, 1.165) is 11.3 Å². The average molecular weight is 372 g/mol. The van der Waals surface area contributed by atoms with E-state index in [9.17, 15) is 13.2 Å². The average Bonchev–Trinajstić information content (AvgIpc) is 3.09. The maximum absolute atomic E-state index is 12.5. The molecule has 126 valence electrons. The molecule has 0 amide bonds. The first-order valence-corrected chi connectivity index (χ1v) is 9.41. The molecule has 9 heteroatoms. The van der Waals surface area contributed by atoms with E-state index >= 15 is 0 Å². The summed E-state index contributed by atoms with van der Waals surface area (Å²) in [5.41, 5.74) is 1.70. The Morgan fingerprint density at radius 1 is 1.20 bits per heavy atom. The molecule has 0 bridgehead atoms. The molecular weight excluding hydrogens is 360 g/mol. The highest BCUT2D eigenvalue weighted by molar-refractivity contribution is 7.94. The Bertz CT molecular complexity index is 1120. The van der Waals surface area contributed by atoms with Gasteiger partial charge < -0.3 is 0 Å². The van der Waals surface area contributed by atoms with Gasteiger partial charge in [0.1, 0.15) is 4.21 Å². The van der Waals surface area contributed by atoms with Crippen LogP contribution < -0.4 is 10.3 Å². The normalized spacial score (nSPS) is 11.0. The summed E-state index contributed by atoms with van der Waals surface area (Å²) in [7, 11) is -2.22. The molecule has 0 unspecified atom stereocenters. The van der Waals surface area contributed by atoms with Gasteiger partial charge in [-0.2, -0.15) is 10.4 Å². The minimum Gasteiger partial charge on any atom is -0.279 e. The van der Waals surface area contributed by atoms with Crippen LogP contribution in [0, 0.1) is 11.3 Å². The molecule has 25 heavy (non-hydrogen) atoms. The number of hydrogen-bond acceptors (Lipinski definition) is 6. The molecule has 3 rings (SSSR count).